The molecule has 2 aromatic rings. The maximum absolute atomic E-state index is 12.1. The predicted octanol–water partition coefficient (Wildman–Crippen LogP) is 3.40. The third-order valence-electron chi connectivity index (χ3n) is 3.47. The van der Waals surface area contributed by atoms with Crippen LogP contribution in [0, 0.1) is 6.92 Å². The molecule has 0 aromatic heterocycles. The Bertz CT molecular complexity index is 590. The van der Waals surface area contributed by atoms with E-state index < -0.39 is 0 Å². The van der Waals surface area contributed by atoms with Gasteiger partial charge in [0, 0.05) is 24.3 Å². The van der Waals surface area contributed by atoms with Crippen molar-refractivity contribution in [3.63, 3.8) is 0 Å². The van der Waals surface area contributed by atoms with Gasteiger partial charge < -0.3 is 10.6 Å². The molecule has 0 aliphatic carbocycles. The van der Waals surface area contributed by atoms with Crippen molar-refractivity contribution in [2.75, 3.05) is 18.4 Å². The number of benzene rings is 2. The first-order chi connectivity index (χ1) is 10.2. The molecule has 0 spiro atoms. The van der Waals surface area contributed by atoms with Crippen LogP contribution in [-0.4, -0.2) is 19.0 Å². The Morgan fingerprint density at radius 3 is 2.43 bits per heavy atom. The summed E-state index contributed by atoms with van der Waals surface area (Å²) in [5.41, 5.74) is 4.28. The van der Waals surface area contributed by atoms with Crippen LogP contribution in [0.1, 0.15) is 28.4 Å². The summed E-state index contributed by atoms with van der Waals surface area (Å²) in [6.45, 7) is 5.67. The highest BCUT2D eigenvalue weighted by Gasteiger charge is 2.05. The first-order valence-electron chi connectivity index (χ1n) is 7.37. The van der Waals surface area contributed by atoms with Crippen molar-refractivity contribution < 1.29 is 4.79 Å². The van der Waals surface area contributed by atoms with E-state index in [2.05, 4.69) is 29.7 Å². The van der Waals surface area contributed by atoms with Gasteiger partial charge in [0.05, 0.1) is 0 Å². The van der Waals surface area contributed by atoms with Gasteiger partial charge >= 0.3 is 0 Å². The Morgan fingerprint density at radius 2 is 1.76 bits per heavy atom. The Morgan fingerprint density at radius 1 is 1.05 bits per heavy atom. The maximum Gasteiger partial charge on any atom is 0.251 e. The topological polar surface area (TPSA) is 41.1 Å². The van der Waals surface area contributed by atoms with Crippen molar-refractivity contribution in [1.82, 2.24) is 5.32 Å². The molecular formula is C18H22N2O. The molecule has 3 nitrogen and oxygen atoms in total. The molecule has 2 N–H and O–H groups in total. The summed E-state index contributed by atoms with van der Waals surface area (Å²) in [6, 6.07) is 15.8. The molecule has 110 valence electrons. The molecule has 0 bridgehead atoms. The van der Waals surface area contributed by atoms with Gasteiger partial charge in [-0.05, 0) is 55.7 Å². The molecule has 1 amide bonds. The van der Waals surface area contributed by atoms with Gasteiger partial charge in [-0.25, -0.2) is 0 Å². The highest BCUT2D eigenvalue weighted by Crippen LogP contribution is 2.10. The molecule has 0 saturated heterocycles. The first-order valence-corrected chi connectivity index (χ1v) is 7.37. The average molecular weight is 282 g/mol. The van der Waals surface area contributed by atoms with Crippen LogP contribution in [0.15, 0.2) is 48.5 Å². The van der Waals surface area contributed by atoms with Gasteiger partial charge in [-0.1, -0.05) is 24.3 Å². The van der Waals surface area contributed by atoms with Crippen molar-refractivity contribution in [3.8, 4) is 0 Å². The van der Waals surface area contributed by atoms with E-state index in [1.54, 1.807) is 0 Å². The second kappa shape index (κ2) is 7.48. The van der Waals surface area contributed by atoms with Gasteiger partial charge in [0.15, 0.2) is 0 Å². The standard InChI is InChI=1S/C18H22N2O/c1-3-19-17-10-8-16(9-11-17)18(21)20-13-12-15-7-5-4-6-14(15)2/h4-11,19H,3,12-13H2,1-2H3,(H,20,21). The molecule has 0 aliphatic rings. The fourth-order valence-corrected chi connectivity index (χ4v) is 2.25. The predicted molar refractivity (Wildman–Crippen MR) is 87.8 cm³/mol. The van der Waals surface area contributed by atoms with E-state index >= 15 is 0 Å². The summed E-state index contributed by atoms with van der Waals surface area (Å²) in [4.78, 5) is 12.1. The lowest BCUT2D eigenvalue weighted by atomic mass is 10.1. The Hall–Kier alpha value is -2.29. The highest BCUT2D eigenvalue weighted by atomic mass is 16.1. The number of nitrogens with one attached hydrogen (secondary N) is 2. The van der Waals surface area contributed by atoms with E-state index in [1.807, 2.05) is 43.3 Å². The summed E-state index contributed by atoms with van der Waals surface area (Å²) >= 11 is 0. The summed E-state index contributed by atoms with van der Waals surface area (Å²) in [5.74, 6) is -0.0216. The Labute approximate surface area is 126 Å². The highest BCUT2D eigenvalue weighted by molar-refractivity contribution is 5.94. The van der Waals surface area contributed by atoms with E-state index in [0.717, 1.165) is 18.7 Å². The second-order valence-corrected chi connectivity index (χ2v) is 5.04. The van der Waals surface area contributed by atoms with Crippen LogP contribution in [0.25, 0.3) is 0 Å². The zero-order valence-electron chi connectivity index (χ0n) is 12.6. The third kappa shape index (κ3) is 4.35. The SMILES string of the molecule is CCNc1ccc(C(=O)NCCc2ccccc2C)cc1. The van der Waals surface area contributed by atoms with Gasteiger partial charge in [0.2, 0.25) is 0 Å². The maximum atomic E-state index is 12.1. The molecule has 0 fully saturated rings. The average Bonchev–Trinajstić information content (AvgIpc) is 2.50. The van der Waals surface area contributed by atoms with Crippen LogP contribution in [-0.2, 0) is 6.42 Å². The van der Waals surface area contributed by atoms with Crippen LogP contribution >= 0.6 is 0 Å². The number of carbonyl (C=O) groups excluding carboxylic acids is 1. The van der Waals surface area contributed by atoms with Crippen molar-refractivity contribution in [3.05, 3.63) is 65.2 Å². The zero-order valence-corrected chi connectivity index (χ0v) is 12.6. The molecule has 21 heavy (non-hydrogen) atoms. The Kier molecular flexibility index (Phi) is 5.38. The van der Waals surface area contributed by atoms with E-state index in [-0.39, 0.29) is 5.91 Å². The minimum Gasteiger partial charge on any atom is -0.385 e. The van der Waals surface area contributed by atoms with Crippen LogP contribution in [0.3, 0.4) is 0 Å². The molecule has 0 atom stereocenters. The number of hydrogen-bond donors (Lipinski definition) is 2. The summed E-state index contributed by atoms with van der Waals surface area (Å²) in [6.07, 6.45) is 0.855. The minimum atomic E-state index is -0.0216. The van der Waals surface area contributed by atoms with Crippen LogP contribution in [0.2, 0.25) is 0 Å². The van der Waals surface area contributed by atoms with Crippen molar-refractivity contribution in [1.29, 1.82) is 0 Å². The quantitative estimate of drug-likeness (QED) is 0.852. The second-order valence-electron chi connectivity index (χ2n) is 5.04. The molecule has 2 aromatic carbocycles. The van der Waals surface area contributed by atoms with Crippen LogP contribution in [0.4, 0.5) is 5.69 Å². The lowest BCUT2D eigenvalue weighted by Crippen LogP contribution is -2.25. The van der Waals surface area contributed by atoms with Gasteiger partial charge in [-0.15, -0.1) is 0 Å². The summed E-state index contributed by atoms with van der Waals surface area (Å²) in [7, 11) is 0. The van der Waals surface area contributed by atoms with Crippen molar-refractivity contribution in [2.24, 2.45) is 0 Å². The number of carbonyl (C=O) groups is 1. The van der Waals surface area contributed by atoms with E-state index in [0.29, 0.717) is 12.1 Å². The molecule has 0 aliphatic heterocycles. The molecule has 0 saturated carbocycles. The number of hydrogen-bond acceptors (Lipinski definition) is 2. The number of anilines is 1. The summed E-state index contributed by atoms with van der Waals surface area (Å²) in [5, 5.41) is 6.18. The zero-order chi connectivity index (χ0) is 15.1. The van der Waals surface area contributed by atoms with E-state index in [4.69, 9.17) is 0 Å². The largest absolute Gasteiger partial charge is 0.385 e. The molecule has 2 rings (SSSR count). The molecule has 0 unspecified atom stereocenters. The van der Waals surface area contributed by atoms with Crippen LogP contribution in [0.5, 0.6) is 0 Å². The van der Waals surface area contributed by atoms with Crippen LogP contribution < -0.4 is 10.6 Å². The number of aryl methyl sites for hydroxylation is 1. The fraction of sp³-hybridized carbons (Fsp3) is 0.278. The van der Waals surface area contributed by atoms with Gasteiger partial charge in [-0.2, -0.15) is 0 Å². The molecule has 0 heterocycles. The Balaban J connectivity index is 1.85. The molecule has 0 radical (unpaired) electrons. The third-order valence-corrected chi connectivity index (χ3v) is 3.47. The van der Waals surface area contributed by atoms with Crippen molar-refractivity contribution >= 4 is 11.6 Å². The lowest BCUT2D eigenvalue weighted by Gasteiger charge is -2.08. The summed E-state index contributed by atoms with van der Waals surface area (Å²) < 4.78 is 0. The smallest absolute Gasteiger partial charge is 0.251 e. The van der Waals surface area contributed by atoms with E-state index in [9.17, 15) is 4.79 Å². The number of rotatable bonds is 6. The monoisotopic (exact) mass is 282 g/mol. The number of amides is 1. The first kappa shape index (κ1) is 15.1. The molecular weight excluding hydrogens is 260 g/mol. The van der Waals surface area contributed by atoms with Crippen molar-refractivity contribution in [2.45, 2.75) is 20.3 Å². The van der Waals surface area contributed by atoms with Gasteiger partial charge in [0.25, 0.3) is 5.91 Å². The normalized spacial score (nSPS) is 10.2. The lowest BCUT2D eigenvalue weighted by molar-refractivity contribution is 0.0954. The van der Waals surface area contributed by atoms with Gasteiger partial charge in [0.1, 0.15) is 0 Å². The van der Waals surface area contributed by atoms with Gasteiger partial charge in [-0.3, -0.25) is 4.79 Å². The fourth-order valence-electron chi connectivity index (χ4n) is 2.25. The van der Waals surface area contributed by atoms with E-state index in [1.165, 1.54) is 11.1 Å². The molecule has 3 heteroatoms. The minimum absolute atomic E-state index is 0.0216.